The lowest BCUT2D eigenvalue weighted by atomic mass is 10.0. The first-order valence-electron chi connectivity index (χ1n) is 13.2. The van der Waals surface area contributed by atoms with Crippen LogP contribution in [0.3, 0.4) is 0 Å². The molecule has 39 heavy (non-hydrogen) atoms. The maximum atomic E-state index is 4.90. The molecule has 0 aliphatic carbocycles. The smallest absolute Gasteiger partial charge is 0.145 e. The Morgan fingerprint density at radius 3 is 1.59 bits per heavy atom. The van der Waals surface area contributed by atoms with Crippen molar-refractivity contribution in [2.24, 2.45) is 0 Å². The summed E-state index contributed by atoms with van der Waals surface area (Å²) < 4.78 is 4.51. The van der Waals surface area contributed by atoms with Crippen LogP contribution in [0.1, 0.15) is 5.69 Å². The molecule has 4 heterocycles. The molecule has 0 bridgehead atoms. The van der Waals surface area contributed by atoms with Crippen molar-refractivity contribution in [3.05, 3.63) is 133 Å². The van der Waals surface area contributed by atoms with E-state index in [-0.39, 0.29) is 0 Å². The SMILES string of the molecule is Cc1ccc2c3ccccc3n(-c3ccc(-c4ccc(-n5c6ccccc6c6cccnc65)cc4)cc3)c2n1. The first kappa shape index (κ1) is 21.8. The molecule has 0 fully saturated rings. The van der Waals surface area contributed by atoms with Crippen LogP contribution in [0.25, 0.3) is 66.4 Å². The molecule has 8 rings (SSSR count). The zero-order chi connectivity index (χ0) is 25.9. The highest BCUT2D eigenvalue weighted by molar-refractivity contribution is 6.08. The Morgan fingerprint density at radius 1 is 0.462 bits per heavy atom. The fourth-order valence-electron chi connectivity index (χ4n) is 5.86. The van der Waals surface area contributed by atoms with E-state index >= 15 is 0 Å². The molecule has 0 atom stereocenters. The van der Waals surface area contributed by atoms with Crippen LogP contribution in [-0.4, -0.2) is 19.1 Å². The number of para-hydroxylation sites is 2. The van der Waals surface area contributed by atoms with Crippen LogP contribution in [0.4, 0.5) is 0 Å². The number of benzene rings is 4. The third-order valence-corrected chi connectivity index (χ3v) is 7.68. The van der Waals surface area contributed by atoms with Gasteiger partial charge in [0.15, 0.2) is 0 Å². The van der Waals surface area contributed by atoms with Gasteiger partial charge in [-0.25, -0.2) is 9.97 Å². The van der Waals surface area contributed by atoms with Crippen LogP contribution >= 0.6 is 0 Å². The van der Waals surface area contributed by atoms with Crippen molar-refractivity contribution in [1.82, 2.24) is 19.1 Å². The molecule has 0 saturated heterocycles. The minimum atomic E-state index is 0.978. The predicted molar refractivity (Wildman–Crippen MR) is 161 cm³/mol. The minimum absolute atomic E-state index is 0.978. The number of nitrogens with zero attached hydrogens (tertiary/aromatic N) is 4. The minimum Gasteiger partial charge on any atom is -0.294 e. The van der Waals surface area contributed by atoms with Gasteiger partial charge >= 0.3 is 0 Å². The normalized spacial score (nSPS) is 11.7. The number of hydrogen-bond acceptors (Lipinski definition) is 2. The summed E-state index contributed by atoms with van der Waals surface area (Å²) in [5.41, 5.74) is 9.88. The van der Waals surface area contributed by atoms with Crippen molar-refractivity contribution in [3.8, 4) is 22.5 Å². The van der Waals surface area contributed by atoms with Gasteiger partial charge in [-0.2, -0.15) is 0 Å². The zero-order valence-corrected chi connectivity index (χ0v) is 21.4. The highest BCUT2D eigenvalue weighted by atomic mass is 15.1. The van der Waals surface area contributed by atoms with Gasteiger partial charge in [-0.1, -0.05) is 60.7 Å². The molecule has 0 radical (unpaired) electrons. The van der Waals surface area contributed by atoms with Crippen molar-refractivity contribution in [2.75, 3.05) is 0 Å². The molecule has 4 nitrogen and oxygen atoms in total. The second-order valence-corrected chi connectivity index (χ2v) is 10.00. The molecular weight excluding hydrogens is 476 g/mol. The summed E-state index contributed by atoms with van der Waals surface area (Å²) in [7, 11) is 0. The van der Waals surface area contributed by atoms with Crippen LogP contribution in [-0.2, 0) is 0 Å². The van der Waals surface area contributed by atoms with Gasteiger partial charge in [0, 0.05) is 44.8 Å². The van der Waals surface area contributed by atoms with E-state index in [1.165, 1.54) is 43.7 Å². The van der Waals surface area contributed by atoms with Crippen LogP contribution in [0, 0.1) is 6.92 Å². The monoisotopic (exact) mass is 500 g/mol. The largest absolute Gasteiger partial charge is 0.294 e. The molecule has 0 N–H and O–H groups in total. The van der Waals surface area contributed by atoms with Crippen molar-refractivity contribution in [2.45, 2.75) is 6.92 Å². The molecule has 184 valence electrons. The van der Waals surface area contributed by atoms with Crippen LogP contribution < -0.4 is 0 Å². The van der Waals surface area contributed by atoms with Gasteiger partial charge in [-0.3, -0.25) is 9.13 Å². The average molecular weight is 501 g/mol. The number of pyridine rings is 2. The molecule has 0 aliphatic rings. The zero-order valence-electron chi connectivity index (χ0n) is 21.4. The van der Waals surface area contributed by atoms with E-state index < -0.39 is 0 Å². The quantitative estimate of drug-likeness (QED) is 0.243. The Morgan fingerprint density at radius 2 is 0.974 bits per heavy atom. The first-order valence-corrected chi connectivity index (χ1v) is 13.2. The summed E-state index contributed by atoms with van der Waals surface area (Å²) in [5, 5.41) is 4.78. The molecule has 4 aromatic carbocycles. The third kappa shape index (κ3) is 3.32. The molecule has 0 saturated carbocycles. The van der Waals surface area contributed by atoms with E-state index in [1.54, 1.807) is 0 Å². The van der Waals surface area contributed by atoms with E-state index in [9.17, 15) is 0 Å². The standard InChI is InChI=1S/C35H24N4/c1-23-12-21-31-29-8-3-5-11-33(29)39(35(31)37-23)27-19-15-25(16-20-27)24-13-17-26(18-14-24)38-32-10-4-2-7-28(32)30-9-6-22-36-34(30)38/h2-22H,1H3. The highest BCUT2D eigenvalue weighted by Crippen LogP contribution is 2.33. The van der Waals surface area contributed by atoms with Crippen molar-refractivity contribution in [1.29, 1.82) is 0 Å². The topological polar surface area (TPSA) is 35.6 Å². The van der Waals surface area contributed by atoms with E-state index in [0.717, 1.165) is 28.4 Å². The van der Waals surface area contributed by atoms with E-state index in [1.807, 2.05) is 19.2 Å². The highest BCUT2D eigenvalue weighted by Gasteiger charge is 2.14. The van der Waals surface area contributed by atoms with Gasteiger partial charge in [-0.05, 0) is 78.7 Å². The maximum absolute atomic E-state index is 4.90. The van der Waals surface area contributed by atoms with Crippen LogP contribution in [0.5, 0.6) is 0 Å². The Bertz CT molecular complexity index is 2110. The van der Waals surface area contributed by atoms with Crippen LogP contribution in [0.15, 0.2) is 128 Å². The molecule has 0 amide bonds. The third-order valence-electron chi connectivity index (χ3n) is 7.68. The molecule has 4 aromatic heterocycles. The number of aromatic nitrogens is 4. The second kappa shape index (κ2) is 8.40. The number of fused-ring (bicyclic) bond motifs is 6. The van der Waals surface area contributed by atoms with Crippen molar-refractivity contribution in [3.63, 3.8) is 0 Å². The Kier molecular flexibility index (Phi) is 4.70. The number of rotatable bonds is 3. The van der Waals surface area contributed by atoms with Crippen LogP contribution in [0.2, 0.25) is 0 Å². The van der Waals surface area contributed by atoms with Gasteiger partial charge < -0.3 is 0 Å². The average Bonchev–Trinajstić information content (AvgIpc) is 3.50. The molecule has 4 heteroatoms. The van der Waals surface area contributed by atoms with Crippen molar-refractivity contribution >= 4 is 43.9 Å². The number of hydrogen-bond donors (Lipinski definition) is 0. The maximum Gasteiger partial charge on any atom is 0.145 e. The van der Waals surface area contributed by atoms with Gasteiger partial charge in [0.2, 0.25) is 0 Å². The summed E-state index contributed by atoms with van der Waals surface area (Å²) in [4.78, 5) is 9.62. The molecule has 0 unspecified atom stereocenters. The lowest BCUT2D eigenvalue weighted by Crippen LogP contribution is -1.96. The van der Waals surface area contributed by atoms with Gasteiger partial charge in [-0.15, -0.1) is 0 Å². The Balaban J connectivity index is 1.20. The molecule has 0 aliphatic heterocycles. The van der Waals surface area contributed by atoms with Crippen molar-refractivity contribution < 1.29 is 0 Å². The van der Waals surface area contributed by atoms with E-state index in [2.05, 4.69) is 124 Å². The number of aryl methyl sites for hydroxylation is 1. The molecule has 8 aromatic rings. The lowest BCUT2D eigenvalue weighted by Gasteiger charge is -2.10. The molecular formula is C35H24N4. The van der Waals surface area contributed by atoms with Gasteiger partial charge in [0.05, 0.1) is 11.0 Å². The Hall–Kier alpha value is -5.22. The second-order valence-electron chi connectivity index (χ2n) is 10.00. The lowest BCUT2D eigenvalue weighted by molar-refractivity contribution is 1.11. The first-order chi connectivity index (χ1) is 19.3. The predicted octanol–water partition coefficient (Wildman–Crippen LogP) is 8.65. The fourth-order valence-corrected chi connectivity index (χ4v) is 5.86. The summed E-state index contributed by atoms with van der Waals surface area (Å²) in [6.07, 6.45) is 1.86. The van der Waals surface area contributed by atoms with Gasteiger partial charge in [0.25, 0.3) is 0 Å². The summed E-state index contributed by atoms with van der Waals surface area (Å²) in [6, 6.07) is 43.0. The summed E-state index contributed by atoms with van der Waals surface area (Å²) in [5.74, 6) is 0. The fraction of sp³-hybridized carbons (Fsp3) is 0.0286. The molecule has 0 spiro atoms. The Labute approximate surface area is 225 Å². The summed E-state index contributed by atoms with van der Waals surface area (Å²) >= 11 is 0. The van der Waals surface area contributed by atoms with E-state index in [4.69, 9.17) is 9.97 Å². The van der Waals surface area contributed by atoms with Gasteiger partial charge in [0.1, 0.15) is 11.3 Å². The van der Waals surface area contributed by atoms with E-state index in [0.29, 0.717) is 0 Å². The summed E-state index contributed by atoms with van der Waals surface area (Å²) in [6.45, 7) is 2.05.